The first-order valence-electron chi connectivity index (χ1n) is 16.3. The van der Waals surface area contributed by atoms with Gasteiger partial charge in [-0.25, -0.2) is 0 Å². The number of fused-ring (bicyclic) bond motifs is 12. The molecule has 212 valence electrons. The number of aromatic nitrogens is 2. The van der Waals surface area contributed by atoms with E-state index in [1.165, 1.54) is 83.2 Å². The molecule has 0 N–H and O–H groups in total. The summed E-state index contributed by atoms with van der Waals surface area (Å²) < 4.78 is 5.25. The second-order valence-corrected chi connectivity index (χ2v) is 13.2. The van der Waals surface area contributed by atoms with Gasteiger partial charge in [-0.2, -0.15) is 0 Å². The van der Waals surface area contributed by atoms with E-state index in [1.54, 1.807) is 5.69 Å². The first kappa shape index (κ1) is 24.0. The third kappa shape index (κ3) is 3.19. The predicted molar refractivity (Wildman–Crippen MR) is 189 cm³/mol. The van der Waals surface area contributed by atoms with Crippen molar-refractivity contribution in [2.45, 2.75) is 24.8 Å². The Morgan fingerprint density at radius 2 is 1.33 bits per heavy atom. The monoisotopic (exact) mass is 574 g/mol. The summed E-state index contributed by atoms with van der Waals surface area (Å²) in [5, 5.41) is 6.89. The summed E-state index contributed by atoms with van der Waals surface area (Å²) in [6, 6.07) is 40.7. The normalized spacial score (nSPS) is 20.4. The van der Waals surface area contributed by atoms with Crippen LogP contribution in [0.2, 0.25) is 0 Å². The van der Waals surface area contributed by atoms with Gasteiger partial charge in [0.05, 0.1) is 28.1 Å². The van der Waals surface area contributed by atoms with Crippen LogP contribution < -0.4 is 0 Å². The summed E-state index contributed by atoms with van der Waals surface area (Å²) in [6.07, 6.45) is 14.3. The van der Waals surface area contributed by atoms with Gasteiger partial charge < -0.3 is 8.97 Å². The Balaban J connectivity index is 1.10. The summed E-state index contributed by atoms with van der Waals surface area (Å²) in [6.45, 7) is 0. The highest BCUT2D eigenvalue weighted by Crippen LogP contribution is 2.57. The zero-order valence-corrected chi connectivity index (χ0v) is 24.8. The quantitative estimate of drug-likeness (QED) is 0.199. The molecule has 3 atom stereocenters. The van der Waals surface area contributed by atoms with Crippen LogP contribution in [0.5, 0.6) is 0 Å². The zero-order chi connectivity index (χ0) is 29.2. The lowest BCUT2D eigenvalue weighted by molar-refractivity contribution is 0.605. The van der Waals surface area contributed by atoms with Crippen molar-refractivity contribution in [1.29, 1.82) is 0 Å². The molecule has 0 radical (unpaired) electrons. The Labute approximate surface area is 261 Å². The van der Waals surface area contributed by atoms with Crippen LogP contribution in [0.25, 0.3) is 71.8 Å². The van der Waals surface area contributed by atoms with E-state index in [-0.39, 0.29) is 6.04 Å². The summed E-state index contributed by atoms with van der Waals surface area (Å²) >= 11 is 0. The van der Waals surface area contributed by atoms with E-state index in [4.69, 9.17) is 0 Å². The summed E-state index contributed by atoms with van der Waals surface area (Å²) in [4.78, 5) is 0. The molecule has 0 bridgehead atoms. The average molecular weight is 575 g/mol. The van der Waals surface area contributed by atoms with Gasteiger partial charge in [-0.3, -0.25) is 0 Å². The third-order valence-electron chi connectivity index (χ3n) is 10.9. The predicted octanol–water partition coefficient (Wildman–Crippen LogP) is 11.2. The van der Waals surface area contributed by atoms with Crippen molar-refractivity contribution in [2.75, 3.05) is 0 Å². The van der Waals surface area contributed by atoms with Crippen LogP contribution in [0, 0.1) is 5.92 Å². The maximum absolute atomic E-state index is 2.73. The van der Waals surface area contributed by atoms with Gasteiger partial charge in [0.1, 0.15) is 0 Å². The number of benzene rings is 5. The van der Waals surface area contributed by atoms with Crippen molar-refractivity contribution in [1.82, 2.24) is 8.97 Å². The highest BCUT2D eigenvalue weighted by atomic mass is 15.0. The molecule has 0 amide bonds. The first-order chi connectivity index (χ1) is 22.3. The van der Waals surface area contributed by atoms with Gasteiger partial charge in [-0.15, -0.1) is 0 Å². The molecule has 1 fully saturated rings. The second-order valence-electron chi connectivity index (χ2n) is 13.2. The minimum Gasteiger partial charge on any atom is -0.336 e. The minimum atomic E-state index is 0.285. The van der Waals surface area contributed by atoms with Crippen LogP contribution in [0.15, 0.2) is 133 Å². The minimum absolute atomic E-state index is 0.285. The molecule has 3 aliphatic carbocycles. The van der Waals surface area contributed by atoms with Crippen molar-refractivity contribution in [3.05, 3.63) is 150 Å². The molecule has 8 aromatic rings. The fraction of sp³-hybridized carbons (Fsp3) is 0.116. The first-order valence-corrected chi connectivity index (χ1v) is 16.3. The van der Waals surface area contributed by atoms with Crippen LogP contribution in [0.4, 0.5) is 0 Å². The van der Waals surface area contributed by atoms with Gasteiger partial charge in [-0.05, 0) is 59.2 Å². The third-order valence-corrected chi connectivity index (χ3v) is 10.9. The molecule has 1 saturated carbocycles. The molecule has 11 rings (SSSR count). The number of nitrogens with zero attached hydrogens (tertiary/aromatic N) is 2. The number of rotatable bonds is 3. The molecular formula is C43H30N2. The van der Waals surface area contributed by atoms with Crippen LogP contribution in [0.1, 0.15) is 41.6 Å². The van der Waals surface area contributed by atoms with Gasteiger partial charge in [0.15, 0.2) is 0 Å². The fourth-order valence-corrected chi connectivity index (χ4v) is 8.80. The summed E-state index contributed by atoms with van der Waals surface area (Å²) in [7, 11) is 0. The highest BCUT2D eigenvalue weighted by molar-refractivity contribution is 6.29. The molecule has 0 saturated heterocycles. The Kier molecular flexibility index (Phi) is 4.62. The molecule has 3 aromatic heterocycles. The molecule has 0 spiro atoms. The number of hydrogen-bond donors (Lipinski definition) is 0. The molecule has 0 aliphatic heterocycles. The number of hydrogen-bond acceptors (Lipinski definition) is 0. The van der Waals surface area contributed by atoms with Crippen molar-refractivity contribution >= 4 is 60.6 Å². The van der Waals surface area contributed by atoms with E-state index >= 15 is 0 Å². The lowest BCUT2D eigenvalue weighted by Crippen LogP contribution is -2.13. The maximum atomic E-state index is 2.73. The van der Waals surface area contributed by atoms with E-state index in [0.717, 1.165) is 6.42 Å². The maximum Gasteiger partial charge on any atom is 0.0620 e. The van der Waals surface area contributed by atoms with Gasteiger partial charge in [0.2, 0.25) is 0 Å². The Bertz CT molecular complexity index is 2590. The fourth-order valence-electron chi connectivity index (χ4n) is 8.80. The van der Waals surface area contributed by atoms with Crippen LogP contribution in [-0.2, 0) is 0 Å². The Morgan fingerprint density at radius 1 is 0.578 bits per heavy atom. The molecule has 3 heterocycles. The molecule has 5 aromatic carbocycles. The van der Waals surface area contributed by atoms with Crippen LogP contribution in [-0.4, -0.2) is 8.97 Å². The molecule has 45 heavy (non-hydrogen) atoms. The number of allylic oxidation sites excluding steroid dienone is 5. The van der Waals surface area contributed by atoms with Crippen LogP contribution >= 0.6 is 0 Å². The van der Waals surface area contributed by atoms with Crippen molar-refractivity contribution in [2.24, 2.45) is 5.92 Å². The lowest BCUT2D eigenvalue weighted by atomic mass is 9.92. The van der Waals surface area contributed by atoms with Crippen LogP contribution in [0.3, 0.4) is 0 Å². The molecule has 2 nitrogen and oxygen atoms in total. The van der Waals surface area contributed by atoms with E-state index in [2.05, 4.69) is 149 Å². The molecular weight excluding hydrogens is 544 g/mol. The van der Waals surface area contributed by atoms with Gasteiger partial charge in [0, 0.05) is 44.1 Å². The second kappa shape index (κ2) is 8.64. The summed E-state index contributed by atoms with van der Waals surface area (Å²) in [5.41, 5.74) is 13.6. The van der Waals surface area contributed by atoms with E-state index in [9.17, 15) is 0 Å². The van der Waals surface area contributed by atoms with Gasteiger partial charge in [0.25, 0.3) is 0 Å². The Hall–Kier alpha value is -5.34. The van der Waals surface area contributed by atoms with Crippen molar-refractivity contribution < 1.29 is 0 Å². The van der Waals surface area contributed by atoms with Gasteiger partial charge >= 0.3 is 0 Å². The standard InChI is InChI=1S/C43H30N2/c1-2-8-26(9-3-1)27-16-18-28(19-17-27)29-10-6-11-31(24-29)44-38-22-23-39-40(41(38)35-21-20-30-25-36(30)43(35)44)34-14-7-13-33-32-12-4-5-15-37(32)45(39)42(33)34/h1-23,30-31,36H,24-25H2. The summed E-state index contributed by atoms with van der Waals surface area (Å²) in [5.74, 6) is 1.31. The van der Waals surface area contributed by atoms with Crippen molar-refractivity contribution in [3.63, 3.8) is 0 Å². The molecule has 3 aliphatic rings. The smallest absolute Gasteiger partial charge is 0.0620 e. The lowest BCUT2D eigenvalue weighted by Gasteiger charge is -2.25. The SMILES string of the molecule is C1=CC(n2c3c(c4c5c6cccc7c8ccccc8n(c5ccc42)c76)C=CC2CC32)CC(c2ccc(-c3ccccc3)cc2)=C1. The van der Waals surface area contributed by atoms with E-state index in [0.29, 0.717) is 11.8 Å². The van der Waals surface area contributed by atoms with Crippen molar-refractivity contribution in [3.8, 4) is 11.1 Å². The van der Waals surface area contributed by atoms with E-state index in [1.807, 2.05) is 0 Å². The Morgan fingerprint density at radius 3 is 2.24 bits per heavy atom. The van der Waals surface area contributed by atoms with Gasteiger partial charge in [-0.1, -0.05) is 121 Å². The molecule has 2 heteroatoms. The highest BCUT2D eigenvalue weighted by Gasteiger charge is 2.44. The molecule has 3 unspecified atom stereocenters. The average Bonchev–Trinajstić information content (AvgIpc) is 3.57. The van der Waals surface area contributed by atoms with E-state index < -0.39 is 0 Å². The number of para-hydroxylation sites is 2. The topological polar surface area (TPSA) is 9.34 Å². The zero-order valence-electron chi connectivity index (χ0n) is 24.8. The largest absolute Gasteiger partial charge is 0.336 e.